The van der Waals surface area contributed by atoms with Crippen molar-refractivity contribution in [3.63, 3.8) is 0 Å². The zero-order valence-corrected chi connectivity index (χ0v) is 7.51. The Kier molecular flexibility index (Phi) is 2.92. The van der Waals surface area contributed by atoms with E-state index < -0.39 is 0 Å². The molecule has 1 rings (SSSR count). The standard InChI is InChI=1S/C9H18N2/c1-7-4-3-5-9(7)6-11-8(2)10/h7,9H,3-6H2,1-2H3,(H2,10,11). The lowest BCUT2D eigenvalue weighted by molar-refractivity contribution is 0.430. The van der Waals surface area contributed by atoms with Gasteiger partial charge in [0.05, 0.1) is 5.84 Å². The maximum Gasteiger partial charge on any atom is 0.0905 e. The van der Waals surface area contributed by atoms with E-state index in [9.17, 15) is 0 Å². The van der Waals surface area contributed by atoms with Crippen molar-refractivity contribution in [1.29, 1.82) is 0 Å². The summed E-state index contributed by atoms with van der Waals surface area (Å²) in [6, 6.07) is 0. The van der Waals surface area contributed by atoms with E-state index in [1.54, 1.807) is 0 Å². The molecule has 0 radical (unpaired) electrons. The molecule has 0 bridgehead atoms. The quantitative estimate of drug-likeness (QED) is 0.478. The van der Waals surface area contributed by atoms with Gasteiger partial charge in [-0.25, -0.2) is 0 Å². The minimum Gasteiger partial charge on any atom is -0.388 e. The Morgan fingerprint density at radius 1 is 1.55 bits per heavy atom. The molecule has 0 aliphatic heterocycles. The number of hydrogen-bond acceptors (Lipinski definition) is 1. The largest absolute Gasteiger partial charge is 0.388 e. The minimum absolute atomic E-state index is 0.726. The van der Waals surface area contributed by atoms with Gasteiger partial charge in [-0.15, -0.1) is 0 Å². The van der Waals surface area contributed by atoms with Crippen molar-refractivity contribution in [1.82, 2.24) is 0 Å². The normalized spacial score (nSPS) is 32.7. The maximum atomic E-state index is 5.47. The number of nitrogens with zero attached hydrogens (tertiary/aromatic N) is 1. The van der Waals surface area contributed by atoms with E-state index in [1.807, 2.05) is 6.92 Å². The lowest BCUT2D eigenvalue weighted by Gasteiger charge is -2.11. The molecule has 64 valence electrons. The van der Waals surface area contributed by atoms with Crippen molar-refractivity contribution in [2.24, 2.45) is 22.6 Å². The van der Waals surface area contributed by atoms with E-state index in [4.69, 9.17) is 5.73 Å². The second-order valence-corrected chi connectivity index (χ2v) is 3.65. The fourth-order valence-corrected chi connectivity index (χ4v) is 1.75. The number of aliphatic imine (C=N–C) groups is 1. The highest BCUT2D eigenvalue weighted by atomic mass is 14.8. The molecule has 0 aromatic carbocycles. The van der Waals surface area contributed by atoms with Crippen LogP contribution < -0.4 is 5.73 Å². The summed E-state index contributed by atoms with van der Waals surface area (Å²) in [7, 11) is 0. The predicted octanol–water partition coefficient (Wildman–Crippen LogP) is 1.80. The molecule has 0 amide bonds. The number of nitrogens with two attached hydrogens (primary N) is 1. The van der Waals surface area contributed by atoms with Gasteiger partial charge in [-0.1, -0.05) is 19.8 Å². The third-order valence-electron chi connectivity index (χ3n) is 2.61. The molecule has 1 fully saturated rings. The van der Waals surface area contributed by atoms with Crippen LogP contribution in [-0.4, -0.2) is 12.4 Å². The van der Waals surface area contributed by atoms with E-state index in [2.05, 4.69) is 11.9 Å². The maximum absolute atomic E-state index is 5.47. The van der Waals surface area contributed by atoms with E-state index in [0.717, 1.165) is 24.2 Å². The first-order valence-corrected chi connectivity index (χ1v) is 4.46. The molecule has 2 heteroatoms. The topological polar surface area (TPSA) is 38.4 Å². The fourth-order valence-electron chi connectivity index (χ4n) is 1.75. The van der Waals surface area contributed by atoms with Gasteiger partial charge in [0.1, 0.15) is 0 Å². The molecule has 0 saturated heterocycles. The molecule has 0 spiro atoms. The molecule has 0 heterocycles. The van der Waals surface area contributed by atoms with Crippen LogP contribution in [0.5, 0.6) is 0 Å². The zero-order chi connectivity index (χ0) is 8.27. The van der Waals surface area contributed by atoms with Crippen molar-refractivity contribution in [2.75, 3.05) is 6.54 Å². The summed E-state index contributed by atoms with van der Waals surface area (Å²) >= 11 is 0. The highest BCUT2D eigenvalue weighted by Gasteiger charge is 2.22. The van der Waals surface area contributed by atoms with Crippen LogP contribution in [0.1, 0.15) is 33.1 Å². The number of amidine groups is 1. The lowest BCUT2D eigenvalue weighted by atomic mass is 9.99. The Bertz CT molecular complexity index is 148. The second-order valence-electron chi connectivity index (χ2n) is 3.65. The monoisotopic (exact) mass is 154 g/mol. The third kappa shape index (κ3) is 2.52. The summed E-state index contributed by atoms with van der Waals surface area (Å²) < 4.78 is 0. The van der Waals surface area contributed by atoms with Gasteiger partial charge in [0, 0.05) is 6.54 Å². The summed E-state index contributed by atoms with van der Waals surface area (Å²) in [5.41, 5.74) is 5.47. The van der Waals surface area contributed by atoms with E-state index >= 15 is 0 Å². The first kappa shape index (κ1) is 8.57. The predicted molar refractivity (Wildman–Crippen MR) is 48.7 cm³/mol. The minimum atomic E-state index is 0.726. The van der Waals surface area contributed by atoms with Crippen LogP contribution in [0.2, 0.25) is 0 Å². The molecule has 1 aliphatic carbocycles. The van der Waals surface area contributed by atoms with Crippen LogP contribution in [0.25, 0.3) is 0 Å². The highest BCUT2D eigenvalue weighted by molar-refractivity contribution is 5.77. The zero-order valence-electron chi connectivity index (χ0n) is 7.51. The second kappa shape index (κ2) is 3.74. The van der Waals surface area contributed by atoms with E-state index in [0.29, 0.717) is 0 Å². The molecule has 2 unspecified atom stereocenters. The average Bonchev–Trinajstić information content (AvgIpc) is 2.31. The molecule has 11 heavy (non-hydrogen) atoms. The Hall–Kier alpha value is -0.530. The molecular formula is C9H18N2. The molecular weight excluding hydrogens is 136 g/mol. The summed E-state index contributed by atoms with van der Waals surface area (Å²) in [4.78, 5) is 4.25. The number of rotatable bonds is 2. The first-order valence-electron chi connectivity index (χ1n) is 4.46. The van der Waals surface area contributed by atoms with Crippen molar-refractivity contribution in [3.8, 4) is 0 Å². The summed E-state index contributed by atoms with van der Waals surface area (Å²) in [5.74, 6) is 2.38. The molecule has 0 aromatic heterocycles. The molecule has 1 aliphatic rings. The number of hydrogen-bond donors (Lipinski definition) is 1. The Morgan fingerprint density at radius 2 is 2.27 bits per heavy atom. The summed E-state index contributed by atoms with van der Waals surface area (Å²) in [6.07, 6.45) is 4.10. The Balaban J connectivity index is 2.31. The molecule has 2 nitrogen and oxygen atoms in total. The first-order chi connectivity index (χ1) is 5.20. The van der Waals surface area contributed by atoms with E-state index in [1.165, 1.54) is 19.3 Å². The molecule has 0 aromatic rings. The molecule has 2 atom stereocenters. The summed E-state index contributed by atoms with van der Waals surface area (Å²) in [5, 5.41) is 0. The Morgan fingerprint density at radius 3 is 2.73 bits per heavy atom. The summed E-state index contributed by atoms with van der Waals surface area (Å²) in [6.45, 7) is 5.13. The SMILES string of the molecule is CC(N)=NCC1CCCC1C. The molecule has 1 saturated carbocycles. The van der Waals surface area contributed by atoms with Crippen LogP contribution in [0.4, 0.5) is 0 Å². The Labute approximate surface area is 68.9 Å². The van der Waals surface area contributed by atoms with Crippen LogP contribution in [0.3, 0.4) is 0 Å². The average molecular weight is 154 g/mol. The van der Waals surface area contributed by atoms with Crippen LogP contribution in [0, 0.1) is 11.8 Å². The third-order valence-corrected chi connectivity index (χ3v) is 2.61. The van der Waals surface area contributed by atoms with Gasteiger partial charge in [-0.3, -0.25) is 4.99 Å². The van der Waals surface area contributed by atoms with Crippen molar-refractivity contribution in [2.45, 2.75) is 33.1 Å². The van der Waals surface area contributed by atoms with Gasteiger partial charge < -0.3 is 5.73 Å². The fraction of sp³-hybridized carbons (Fsp3) is 0.889. The van der Waals surface area contributed by atoms with Crippen molar-refractivity contribution < 1.29 is 0 Å². The van der Waals surface area contributed by atoms with Crippen LogP contribution in [0.15, 0.2) is 4.99 Å². The van der Waals surface area contributed by atoms with Crippen molar-refractivity contribution >= 4 is 5.84 Å². The molecule has 2 N–H and O–H groups in total. The van der Waals surface area contributed by atoms with Gasteiger partial charge in [0.15, 0.2) is 0 Å². The van der Waals surface area contributed by atoms with Gasteiger partial charge in [0.25, 0.3) is 0 Å². The lowest BCUT2D eigenvalue weighted by Crippen LogP contribution is -2.12. The van der Waals surface area contributed by atoms with Gasteiger partial charge >= 0.3 is 0 Å². The van der Waals surface area contributed by atoms with E-state index in [-0.39, 0.29) is 0 Å². The highest BCUT2D eigenvalue weighted by Crippen LogP contribution is 2.31. The van der Waals surface area contributed by atoms with Gasteiger partial charge in [0.2, 0.25) is 0 Å². The van der Waals surface area contributed by atoms with Crippen LogP contribution in [-0.2, 0) is 0 Å². The van der Waals surface area contributed by atoms with Gasteiger partial charge in [-0.05, 0) is 25.2 Å². The van der Waals surface area contributed by atoms with Crippen molar-refractivity contribution in [3.05, 3.63) is 0 Å². The smallest absolute Gasteiger partial charge is 0.0905 e. The van der Waals surface area contributed by atoms with Gasteiger partial charge in [-0.2, -0.15) is 0 Å². The van der Waals surface area contributed by atoms with Crippen LogP contribution >= 0.6 is 0 Å².